The van der Waals surface area contributed by atoms with E-state index in [9.17, 15) is 4.39 Å². The number of halogens is 1. The Kier molecular flexibility index (Phi) is 1.28. The first-order valence-electron chi connectivity index (χ1n) is 3.15. The van der Waals surface area contributed by atoms with Gasteiger partial charge < -0.3 is 0 Å². The number of hydrogen-bond donors (Lipinski definition) is 0. The van der Waals surface area contributed by atoms with Gasteiger partial charge in [-0.3, -0.25) is 0 Å². The van der Waals surface area contributed by atoms with Gasteiger partial charge in [-0.1, -0.05) is 0 Å². The molecule has 0 N–H and O–H groups in total. The smallest absolute Gasteiger partial charge is 0.125 e. The summed E-state index contributed by atoms with van der Waals surface area (Å²) >= 11 is 0. The van der Waals surface area contributed by atoms with Crippen LogP contribution in [-0.2, 0) is 0 Å². The highest BCUT2D eigenvalue weighted by Gasteiger charge is 1.94. The molecule has 0 saturated carbocycles. The maximum atomic E-state index is 12.6. The maximum Gasteiger partial charge on any atom is 0.125 e. The van der Waals surface area contributed by atoms with Crippen molar-refractivity contribution in [3.8, 4) is 0 Å². The van der Waals surface area contributed by atoms with Crippen molar-refractivity contribution in [1.82, 2.24) is 10.2 Å². The largest absolute Gasteiger partial charge is 0.207 e. The molecule has 0 atom stereocenters. The average Bonchev–Trinajstić information content (AvgIpc) is 2.04. The Labute approximate surface area is 62.7 Å². The third kappa shape index (κ3) is 1.05. The first-order valence-corrected chi connectivity index (χ1v) is 3.15. The van der Waals surface area contributed by atoms with Crippen LogP contribution >= 0.6 is 0 Å². The van der Waals surface area contributed by atoms with Crippen LogP contribution in [-0.4, -0.2) is 10.2 Å². The summed E-state index contributed by atoms with van der Waals surface area (Å²) in [5.74, 6) is -0.294. The Morgan fingerprint density at radius 1 is 1.36 bits per heavy atom. The molecule has 1 aromatic carbocycles. The van der Waals surface area contributed by atoms with E-state index in [0.29, 0.717) is 5.52 Å². The van der Waals surface area contributed by atoms with Crippen LogP contribution < -0.4 is 0 Å². The zero-order valence-corrected chi connectivity index (χ0v) is 5.58. The molecule has 0 amide bonds. The number of benzene rings is 1. The molecule has 2 aromatic rings. The molecule has 0 aliphatic carbocycles. The molecule has 2 nitrogen and oxygen atoms in total. The minimum absolute atomic E-state index is 0.294. The molecule has 0 unspecified atom stereocenters. The van der Waals surface area contributed by atoms with Gasteiger partial charge in [-0.25, -0.2) is 4.39 Å². The summed E-state index contributed by atoms with van der Waals surface area (Å²) in [6.07, 6.45) is 2.57. The van der Waals surface area contributed by atoms with E-state index in [4.69, 9.17) is 0 Å². The first kappa shape index (κ1) is 6.22. The summed E-state index contributed by atoms with van der Waals surface area (Å²) in [7, 11) is 0. The first-order chi connectivity index (χ1) is 5.36. The van der Waals surface area contributed by atoms with Crippen molar-refractivity contribution in [2.45, 2.75) is 0 Å². The molecule has 0 aliphatic heterocycles. The van der Waals surface area contributed by atoms with Gasteiger partial charge in [0.25, 0.3) is 0 Å². The topological polar surface area (TPSA) is 25.8 Å². The summed E-state index contributed by atoms with van der Waals surface area (Å²) in [4.78, 5) is 0. The predicted octanol–water partition coefficient (Wildman–Crippen LogP) is 1.57. The quantitative estimate of drug-likeness (QED) is 0.565. The van der Waals surface area contributed by atoms with Crippen molar-refractivity contribution in [2.24, 2.45) is 0 Å². The molecule has 1 heterocycles. The number of rotatable bonds is 0. The Bertz CT molecular complexity index is 387. The van der Waals surface area contributed by atoms with Crippen LogP contribution in [0.25, 0.3) is 10.9 Å². The highest BCUT2D eigenvalue weighted by Crippen LogP contribution is 2.09. The van der Waals surface area contributed by atoms with Crippen LogP contribution in [0.4, 0.5) is 4.39 Å². The monoisotopic (exact) mass is 147 g/mol. The Balaban J connectivity index is 2.83. The molecule has 11 heavy (non-hydrogen) atoms. The molecule has 0 fully saturated rings. The third-order valence-corrected chi connectivity index (χ3v) is 1.43. The number of hydrogen-bond acceptors (Lipinski definition) is 2. The molecule has 53 valence electrons. The van der Waals surface area contributed by atoms with Crippen LogP contribution in [0.15, 0.2) is 24.3 Å². The molecule has 3 heteroatoms. The van der Waals surface area contributed by atoms with Gasteiger partial charge in [0.1, 0.15) is 12.0 Å². The summed E-state index contributed by atoms with van der Waals surface area (Å²) in [6.45, 7) is 0. The van der Waals surface area contributed by atoms with E-state index in [-0.39, 0.29) is 5.82 Å². The van der Waals surface area contributed by atoms with Gasteiger partial charge in [-0.2, -0.15) is 0 Å². The van der Waals surface area contributed by atoms with E-state index in [0.717, 1.165) is 5.39 Å². The van der Waals surface area contributed by atoms with Crippen LogP contribution in [0, 0.1) is 12.0 Å². The van der Waals surface area contributed by atoms with Gasteiger partial charge in [0.05, 0.1) is 5.52 Å². The van der Waals surface area contributed by atoms with Gasteiger partial charge in [0.15, 0.2) is 0 Å². The van der Waals surface area contributed by atoms with E-state index in [2.05, 4.69) is 16.4 Å². The van der Waals surface area contributed by atoms with Crippen LogP contribution in [0.1, 0.15) is 0 Å². The van der Waals surface area contributed by atoms with Gasteiger partial charge in [-0.05, 0) is 18.2 Å². The lowest BCUT2D eigenvalue weighted by atomic mass is 10.2. The van der Waals surface area contributed by atoms with Gasteiger partial charge in [-0.15, -0.1) is 10.2 Å². The molecule has 0 spiro atoms. The Morgan fingerprint density at radius 3 is 3.18 bits per heavy atom. The van der Waals surface area contributed by atoms with Gasteiger partial charge in [0.2, 0.25) is 0 Å². The molecule has 1 aromatic heterocycles. The minimum atomic E-state index is -0.294. The van der Waals surface area contributed by atoms with E-state index in [1.54, 1.807) is 12.1 Å². The van der Waals surface area contributed by atoms with Crippen LogP contribution in [0.2, 0.25) is 0 Å². The zero-order chi connectivity index (χ0) is 7.68. The van der Waals surface area contributed by atoms with E-state index in [1.165, 1.54) is 12.1 Å². The minimum Gasteiger partial charge on any atom is -0.207 e. The van der Waals surface area contributed by atoms with Crippen molar-refractivity contribution < 1.29 is 4.39 Å². The van der Waals surface area contributed by atoms with Crippen molar-refractivity contribution >= 4 is 10.9 Å². The van der Waals surface area contributed by atoms with Crippen molar-refractivity contribution in [1.29, 1.82) is 0 Å². The molecule has 2 rings (SSSR count). The molecule has 0 aliphatic rings. The van der Waals surface area contributed by atoms with Crippen LogP contribution in [0.3, 0.4) is 0 Å². The number of fused-ring (bicyclic) bond motifs is 1. The fourth-order valence-corrected chi connectivity index (χ4v) is 0.907. The molecule has 0 saturated heterocycles. The Hall–Kier alpha value is -1.51. The van der Waals surface area contributed by atoms with Crippen molar-refractivity contribution in [3.05, 3.63) is 36.3 Å². The van der Waals surface area contributed by atoms with Crippen molar-refractivity contribution in [3.63, 3.8) is 0 Å². The fourth-order valence-electron chi connectivity index (χ4n) is 0.907. The number of aromatic nitrogens is 2. The predicted molar refractivity (Wildman–Crippen MR) is 38.3 cm³/mol. The zero-order valence-electron chi connectivity index (χ0n) is 5.58. The molecule has 0 bridgehead atoms. The standard InChI is InChI=1S/C8H4FN2/c9-7-2-1-6-3-4-10-11-8(6)5-7/h1-3,5H. The molecular formula is C8H4FN2. The van der Waals surface area contributed by atoms with Crippen LogP contribution in [0.5, 0.6) is 0 Å². The van der Waals surface area contributed by atoms with Gasteiger partial charge >= 0.3 is 0 Å². The van der Waals surface area contributed by atoms with Crippen molar-refractivity contribution in [2.75, 3.05) is 0 Å². The molecular weight excluding hydrogens is 143 g/mol. The normalized spacial score (nSPS) is 10.3. The lowest BCUT2D eigenvalue weighted by molar-refractivity contribution is 0.629. The highest BCUT2D eigenvalue weighted by atomic mass is 19.1. The summed E-state index contributed by atoms with van der Waals surface area (Å²) < 4.78 is 12.6. The SMILES string of the molecule is Fc1ccc2c[c]nnc2c1. The van der Waals surface area contributed by atoms with Gasteiger partial charge in [0, 0.05) is 11.5 Å². The maximum absolute atomic E-state index is 12.6. The summed E-state index contributed by atoms with van der Waals surface area (Å²) in [5.41, 5.74) is 0.559. The third-order valence-electron chi connectivity index (χ3n) is 1.43. The molecule has 1 radical (unpaired) electrons. The lowest BCUT2D eigenvalue weighted by Crippen LogP contribution is -1.83. The summed E-state index contributed by atoms with van der Waals surface area (Å²) in [5, 5.41) is 8.06. The second kappa shape index (κ2) is 2.27. The number of nitrogens with zero attached hydrogens (tertiary/aromatic N) is 2. The van der Waals surface area contributed by atoms with E-state index in [1.807, 2.05) is 0 Å². The fraction of sp³-hybridized carbons (Fsp3) is 0. The second-order valence-electron chi connectivity index (χ2n) is 2.18. The Morgan fingerprint density at radius 2 is 2.27 bits per heavy atom. The average molecular weight is 147 g/mol. The highest BCUT2D eigenvalue weighted by molar-refractivity contribution is 5.77. The second-order valence-corrected chi connectivity index (χ2v) is 2.18. The summed E-state index contributed by atoms with van der Waals surface area (Å²) in [6, 6.07) is 6.05. The van der Waals surface area contributed by atoms with E-state index < -0.39 is 0 Å². The lowest BCUT2D eigenvalue weighted by Gasteiger charge is -1.92. The van der Waals surface area contributed by atoms with E-state index >= 15 is 0 Å².